The molecule has 0 atom stereocenters. The van der Waals surface area contributed by atoms with Crippen molar-refractivity contribution < 1.29 is 14.2 Å². The van der Waals surface area contributed by atoms with Gasteiger partial charge in [-0.3, -0.25) is 4.90 Å². The Balaban J connectivity index is 1.55. The van der Waals surface area contributed by atoms with Crippen LogP contribution in [0.25, 0.3) is 11.4 Å². The van der Waals surface area contributed by atoms with E-state index < -0.39 is 0 Å². The van der Waals surface area contributed by atoms with Crippen LogP contribution in [-0.2, 0) is 19.5 Å². The molecule has 3 heterocycles. The fourth-order valence-corrected chi connectivity index (χ4v) is 3.52. The minimum absolute atomic E-state index is 0.663. The van der Waals surface area contributed by atoms with Gasteiger partial charge in [0.1, 0.15) is 23.6 Å². The zero-order chi connectivity index (χ0) is 20.2. The van der Waals surface area contributed by atoms with Gasteiger partial charge in [0.15, 0.2) is 5.82 Å². The highest BCUT2D eigenvalue weighted by molar-refractivity contribution is 5.52. The second-order valence-electron chi connectivity index (χ2n) is 6.76. The standard InChI is InChI=1S/C21H23N5O3/c1-27-16-6-19(28-2)17(20(7-16)29-3)12-26-5-4-18-15(11-26)10-24-21(25-18)14-8-22-13-23-9-14/h6-10,13H,4-5,11-12H2,1-3H3. The SMILES string of the molecule is COc1cc(OC)c(CN2CCc3nc(-c4cncnc4)ncc3C2)c(OC)c1. The molecule has 1 aliphatic heterocycles. The van der Waals surface area contributed by atoms with Gasteiger partial charge in [-0.2, -0.15) is 0 Å². The van der Waals surface area contributed by atoms with Crippen LogP contribution in [-0.4, -0.2) is 52.7 Å². The molecule has 1 aliphatic rings. The van der Waals surface area contributed by atoms with Crippen molar-refractivity contribution in [3.63, 3.8) is 0 Å². The predicted molar refractivity (Wildman–Crippen MR) is 107 cm³/mol. The first-order chi connectivity index (χ1) is 14.2. The normalized spacial score (nSPS) is 13.6. The lowest BCUT2D eigenvalue weighted by molar-refractivity contribution is 0.234. The lowest BCUT2D eigenvalue weighted by Gasteiger charge is -2.29. The van der Waals surface area contributed by atoms with Crippen molar-refractivity contribution in [1.29, 1.82) is 0 Å². The number of aromatic nitrogens is 4. The first-order valence-electron chi connectivity index (χ1n) is 9.33. The van der Waals surface area contributed by atoms with E-state index in [-0.39, 0.29) is 0 Å². The monoisotopic (exact) mass is 393 g/mol. The summed E-state index contributed by atoms with van der Waals surface area (Å²) in [5, 5.41) is 0. The Morgan fingerprint density at radius 2 is 1.69 bits per heavy atom. The molecule has 0 saturated carbocycles. The van der Waals surface area contributed by atoms with E-state index in [1.54, 1.807) is 33.7 Å². The van der Waals surface area contributed by atoms with Crippen LogP contribution in [0.2, 0.25) is 0 Å². The predicted octanol–water partition coefficient (Wildman–Crippen LogP) is 2.52. The zero-order valence-electron chi connectivity index (χ0n) is 16.8. The van der Waals surface area contributed by atoms with Crippen LogP contribution >= 0.6 is 0 Å². The van der Waals surface area contributed by atoms with Crippen molar-refractivity contribution in [2.75, 3.05) is 27.9 Å². The summed E-state index contributed by atoms with van der Waals surface area (Å²) >= 11 is 0. The average molecular weight is 393 g/mol. The highest BCUT2D eigenvalue weighted by Gasteiger charge is 2.22. The van der Waals surface area contributed by atoms with E-state index in [2.05, 4.69) is 19.9 Å². The van der Waals surface area contributed by atoms with E-state index in [9.17, 15) is 0 Å². The van der Waals surface area contributed by atoms with Crippen LogP contribution in [0, 0.1) is 0 Å². The fraction of sp³-hybridized carbons (Fsp3) is 0.333. The third-order valence-electron chi connectivity index (χ3n) is 5.03. The maximum atomic E-state index is 5.58. The van der Waals surface area contributed by atoms with Crippen LogP contribution in [0.5, 0.6) is 17.2 Å². The fourth-order valence-electron chi connectivity index (χ4n) is 3.52. The van der Waals surface area contributed by atoms with E-state index in [4.69, 9.17) is 19.2 Å². The first-order valence-corrected chi connectivity index (χ1v) is 9.33. The zero-order valence-corrected chi connectivity index (χ0v) is 16.8. The largest absolute Gasteiger partial charge is 0.496 e. The van der Waals surface area contributed by atoms with Crippen molar-refractivity contribution in [2.45, 2.75) is 19.5 Å². The van der Waals surface area contributed by atoms with E-state index in [0.29, 0.717) is 18.1 Å². The van der Waals surface area contributed by atoms with Crippen LogP contribution < -0.4 is 14.2 Å². The molecule has 4 rings (SSSR count). The van der Waals surface area contributed by atoms with E-state index in [0.717, 1.165) is 53.4 Å². The van der Waals surface area contributed by atoms with E-state index in [1.165, 1.54) is 6.33 Å². The summed E-state index contributed by atoms with van der Waals surface area (Å²) in [4.78, 5) is 19.7. The quantitative estimate of drug-likeness (QED) is 0.632. The lowest BCUT2D eigenvalue weighted by atomic mass is 10.0. The Bertz CT molecular complexity index is 972. The molecule has 0 bridgehead atoms. The van der Waals surface area contributed by atoms with Crippen molar-refractivity contribution in [3.05, 3.63) is 53.9 Å². The third kappa shape index (κ3) is 3.97. The molecular formula is C21H23N5O3. The average Bonchev–Trinajstić information content (AvgIpc) is 2.79. The van der Waals surface area contributed by atoms with E-state index in [1.807, 2.05) is 18.3 Å². The second-order valence-corrected chi connectivity index (χ2v) is 6.76. The molecule has 8 heteroatoms. The van der Waals surface area contributed by atoms with Crippen molar-refractivity contribution >= 4 is 0 Å². The minimum atomic E-state index is 0.663. The van der Waals surface area contributed by atoms with Crippen LogP contribution in [0.15, 0.2) is 37.1 Å². The van der Waals surface area contributed by atoms with Gasteiger partial charge in [-0.05, 0) is 0 Å². The molecule has 0 N–H and O–H groups in total. The number of methoxy groups -OCH3 is 3. The third-order valence-corrected chi connectivity index (χ3v) is 5.03. The second kappa shape index (κ2) is 8.40. The Kier molecular flexibility index (Phi) is 5.53. The summed E-state index contributed by atoms with van der Waals surface area (Å²) in [7, 11) is 4.95. The highest BCUT2D eigenvalue weighted by atomic mass is 16.5. The summed E-state index contributed by atoms with van der Waals surface area (Å²) in [6, 6.07) is 3.76. The number of benzene rings is 1. The molecule has 0 radical (unpaired) electrons. The number of rotatable bonds is 6. The minimum Gasteiger partial charge on any atom is -0.496 e. The molecule has 8 nitrogen and oxygen atoms in total. The molecule has 0 aliphatic carbocycles. The summed E-state index contributed by atoms with van der Waals surface area (Å²) in [6.45, 7) is 2.34. The molecule has 0 spiro atoms. The lowest BCUT2D eigenvalue weighted by Crippen LogP contribution is -2.31. The van der Waals surface area contributed by atoms with Gasteiger partial charge >= 0.3 is 0 Å². The van der Waals surface area contributed by atoms with Gasteiger partial charge in [0.05, 0.1) is 38.2 Å². The molecule has 0 unspecified atom stereocenters. The smallest absolute Gasteiger partial charge is 0.162 e. The summed E-state index contributed by atoms with van der Waals surface area (Å²) in [5.74, 6) is 2.87. The molecule has 2 aromatic heterocycles. The molecular weight excluding hydrogens is 370 g/mol. The number of hydrogen-bond donors (Lipinski definition) is 0. The van der Waals surface area contributed by atoms with Crippen molar-refractivity contribution in [2.24, 2.45) is 0 Å². The summed E-state index contributed by atoms with van der Waals surface area (Å²) < 4.78 is 16.5. The Labute approximate surface area is 169 Å². The van der Waals surface area contributed by atoms with Gasteiger partial charge in [0, 0.05) is 62.3 Å². The summed E-state index contributed by atoms with van der Waals surface area (Å²) in [5.41, 5.74) is 4.02. The summed E-state index contributed by atoms with van der Waals surface area (Å²) in [6.07, 6.45) is 7.71. The number of ether oxygens (including phenoxy) is 3. The van der Waals surface area contributed by atoms with Gasteiger partial charge < -0.3 is 14.2 Å². The Morgan fingerprint density at radius 3 is 2.34 bits per heavy atom. The first kappa shape index (κ1) is 19.1. The topological polar surface area (TPSA) is 82.5 Å². The highest BCUT2D eigenvalue weighted by Crippen LogP contribution is 2.35. The van der Waals surface area contributed by atoms with E-state index >= 15 is 0 Å². The maximum absolute atomic E-state index is 5.58. The van der Waals surface area contributed by atoms with Crippen LogP contribution in [0.4, 0.5) is 0 Å². The molecule has 0 fully saturated rings. The van der Waals surface area contributed by atoms with Gasteiger partial charge in [-0.15, -0.1) is 0 Å². The molecule has 29 heavy (non-hydrogen) atoms. The van der Waals surface area contributed by atoms with Crippen LogP contribution in [0.1, 0.15) is 16.8 Å². The molecule has 0 saturated heterocycles. The molecule has 1 aromatic carbocycles. The van der Waals surface area contributed by atoms with Gasteiger partial charge in [-0.25, -0.2) is 19.9 Å². The van der Waals surface area contributed by atoms with Gasteiger partial charge in [0.2, 0.25) is 0 Å². The van der Waals surface area contributed by atoms with Crippen molar-refractivity contribution in [1.82, 2.24) is 24.8 Å². The molecule has 3 aromatic rings. The Hall–Kier alpha value is -3.26. The van der Waals surface area contributed by atoms with Crippen LogP contribution in [0.3, 0.4) is 0 Å². The Morgan fingerprint density at radius 1 is 0.966 bits per heavy atom. The van der Waals surface area contributed by atoms with Gasteiger partial charge in [0.25, 0.3) is 0 Å². The van der Waals surface area contributed by atoms with Gasteiger partial charge in [-0.1, -0.05) is 0 Å². The maximum Gasteiger partial charge on any atom is 0.162 e. The number of fused-ring (bicyclic) bond motifs is 1. The van der Waals surface area contributed by atoms with Crippen molar-refractivity contribution in [3.8, 4) is 28.6 Å². The molecule has 150 valence electrons. The number of hydrogen-bond acceptors (Lipinski definition) is 8. The molecule has 0 amide bonds. The number of nitrogens with zero attached hydrogens (tertiary/aromatic N) is 5.